The summed E-state index contributed by atoms with van der Waals surface area (Å²) in [4.78, 5) is 25.5. The van der Waals surface area contributed by atoms with E-state index >= 15 is 0 Å². The molecule has 3 amide bonds. The van der Waals surface area contributed by atoms with Crippen molar-refractivity contribution < 1.29 is 14.1 Å². The van der Waals surface area contributed by atoms with E-state index in [0.29, 0.717) is 10.7 Å². The van der Waals surface area contributed by atoms with Crippen molar-refractivity contribution in [1.29, 1.82) is 0 Å². The van der Waals surface area contributed by atoms with Crippen molar-refractivity contribution in [3.63, 3.8) is 0 Å². The first-order chi connectivity index (χ1) is 11.1. The molecular weight excluding hydrogens is 320 g/mol. The van der Waals surface area contributed by atoms with E-state index in [2.05, 4.69) is 26.9 Å². The molecule has 0 atom stereocenters. The Morgan fingerprint density at radius 3 is 2.83 bits per heavy atom. The number of aromatic nitrogens is 1. The fourth-order valence-electron chi connectivity index (χ4n) is 1.78. The number of nitrogens with zero attached hydrogens (tertiary/aromatic N) is 2. The number of amides is 3. The zero-order chi connectivity index (χ0) is 16.7. The summed E-state index contributed by atoms with van der Waals surface area (Å²) in [5.41, 5.74) is 0.536. The summed E-state index contributed by atoms with van der Waals surface area (Å²) in [6.45, 7) is 3.63. The van der Waals surface area contributed by atoms with Gasteiger partial charge in [-0.25, -0.2) is 4.79 Å². The third-order valence-corrected chi connectivity index (χ3v) is 2.99. The summed E-state index contributed by atoms with van der Waals surface area (Å²) in [5, 5.41) is 9.26. The van der Waals surface area contributed by atoms with Crippen molar-refractivity contribution in [3.8, 4) is 0 Å². The molecule has 0 saturated heterocycles. The van der Waals surface area contributed by atoms with E-state index in [1.165, 1.54) is 23.3 Å². The normalized spacial score (nSPS) is 9.96. The largest absolute Gasteiger partial charge is 0.363 e. The number of benzene rings is 1. The van der Waals surface area contributed by atoms with Crippen LogP contribution in [0.2, 0.25) is 5.02 Å². The molecule has 0 fully saturated rings. The summed E-state index contributed by atoms with van der Waals surface area (Å²) in [5.74, 6) is -0.120. The van der Waals surface area contributed by atoms with E-state index in [1.54, 1.807) is 24.3 Å². The molecule has 0 aliphatic carbocycles. The molecule has 0 spiro atoms. The van der Waals surface area contributed by atoms with Crippen LogP contribution < -0.4 is 10.6 Å². The molecule has 0 saturated carbocycles. The number of carbonyl (C=O) groups is 2. The predicted octanol–water partition coefficient (Wildman–Crippen LogP) is 2.99. The minimum Gasteiger partial charge on any atom is -0.363 e. The van der Waals surface area contributed by atoms with E-state index in [1.807, 2.05) is 0 Å². The smallest absolute Gasteiger partial charge is 0.322 e. The van der Waals surface area contributed by atoms with Crippen molar-refractivity contribution >= 4 is 35.0 Å². The van der Waals surface area contributed by atoms with Gasteiger partial charge in [0.25, 0.3) is 0 Å². The first kappa shape index (κ1) is 16.6. The third-order valence-electron chi connectivity index (χ3n) is 2.75. The molecule has 7 nitrogen and oxygen atoms in total. The van der Waals surface area contributed by atoms with Gasteiger partial charge in [0, 0.05) is 23.3 Å². The molecule has 8 heteroatoms. The molecule has 1 aromatic carbocycles. The topological polar surface area (TPSA) is 87.5 Å². The van der Waals surface area contributed by atoms with Crippen LogP contribution in [0.1, 0.15) is 0 Å². The summed E-state index contributed by atoms with van der Waals surface area (Å²) in [6.07, 6.45) is 2.86. The first-order valence-corrected chi connectivity index (χ1v) is 7.09. The molecule has 0 radical (unpaired) electrons. The molecule has 23 heavy (non-hydrogen) atoms. The van der Waals surface area contributed by atoms with Crippen LogP contribution in [0.4, 0.5) is 16.3 Å². The molecule has 2 aromatic rings. The maximum Gasteiger partial charge on any atom is 0.322 e. The van der Waals surface area contributed by atoms with Crippen LogP contribution in [-0.2, 0) is 4.79 Å². The Morgan fingerprint density at radius 1 is 1.35 bits per heavy atom. The maximum atomic E-state index is 12.3. The monoisotopic (exact) mass is 334 g/mol. The quantitative estimate of drug-likeness (QED) is 0.795. The van der Waals surface area contributed by atoms with Crippen LogP contribution in [0.25, 0.3) is 0 Å². The van der Waals surface area contributed by atoms with Crippen molar-refractivity contribution in [2.45, 2.75) is 0 Å². The highest BCUT2D eigenvalue weighted by Crippen LogP contribution is 2.15. The minimum atomic E-state index is -0.442. The molecule has 0 aliphatic heterocycles. The van der Waals surface area contributed by atoms with Gasteiger partial charge in [0.1, 0.15) is 12.8 Å². The Morgan fingerprint density at radius 2 is 2.17 bits per heavy atom. The van der Waals surface area contributed by atoms with Gasteiger partial charge in [0.15, 0.2) is 5.82 Å². The van der Waals surface area contributed by atoms with Crippen molar-refractivity contribution in [2.75, 3.05) is 23.7 Å². The summed E-state index contributed by atoms with van der Waals surface area (Å²) < 4.78 is 4.62. The minimum absolute atomic E-state index is 0.161. The highest BCUT2D eigenvalue weighted by Gasteiger charge is 2.17. The number of rotatable bonds is 6. The second kappa shape index (κ2) is 8.00. The molecule has 2 rings (SSSR count). The Balaban J connectivity index is 1.97. The number of hydrogen-bond donors (Lipinski definition) is 2. The number of hydrogen-bond acceptors (Lipinski definition) is 4. The highest BCUT2D eigenvalue weighted by molar-refractivity contribution is 6.30. The first-order valence-electron chi connectivity index (χ1n) is 6.71. The fourth-order valence-corrected chi connectivity index (χ4v) is 1.97. The van der Waals surface area contributed by atoms with Gasteiger partial charge in [0.2, 0.25) is 5.91 Å². The average molecular weight is 335 g/mol. The van der Waals surface area contributed by atoms with Crippen LogP contribution in [0.15, 0.2) is 53.8 Å². The summed E-state index contributed by atoms with van der Waals surface area (Å²) in [6, 6.07) is 7.79. The zero-order valence-corrected chi connectivity index (χ0v) is 12.9. The average Bonchev–Trinajstić information content (AvgIpc) is 2.99. The van der Waals surface area contributed by atoms with Crippen LogP contribution >= 0.6 is 11.6 Å². The van der Waals surface area contributed by atoms with Crippen molar-refractivity contribution in [2.24, 2.45) is 0 Å². The number of nitrogens with one attached hydrogen (secondary N) is 2. The molecule has 1 heterocycles. The lowest BCUT2D eigenvalue weighted by Gasteiger charge is -2.20. The van der Waals surface area contributed by atoms with Crippen molar-refractivity contribution in [3.05, 3.63) is 54.3 Å². The zero-order valence-electron chi connectivity index (χ0n) is 12.2. The third kappa shape index (κ3) is 5.15. The number of anilines is 2. The lowest BCUT2D eigenvalue weighted by Crippen LogP contribution is -2.40. The molecule has 120 valence electrons. The molecule has 1 aromatic heterocycles. The lowest BCUT2D eigenvalue weighted by molar-refractivity contribution is -0.116. The fraction of sp³-hybridized carbons (Fsp3) is 0.133. The lowest BCUT2D eigenvalue weighted by atomic mass is 10.3. The van der Waals surface area contributed by atoms with Gasteiger partial charge in [0.05, 0.1) is 0 Å². The number of carbonyl (C=O) groups excluding carboxylic acids is 2. The molecule has 0 aliphatic rings. The predicted molar refractivity (Wildman–Crippen MR) is 87.4 cm³/mol. The van der Waals surface area contributed by atoms with E-state index in [4.69, 9.17) is 11.6 Å². The van der Waals surface area contributed by atoms with Crippen LogP contribution in [-0.4, -0.2) is 35.1 Å². The van der Waals surface area contributed by atoms with Crippen LogP contribution in [0.3, 0.4) is 0 Å². The number of halogens is 1. The summed E-state index contributed by atoms with van der Waals surface area (Å²) in [7, 11) is 0. The van der Waals surface area contributed by atoms with Gasteiger partial charge in [-0.1, -0.05) is 28.9 Å². The molecule has 0 bridgehead atoms. The van der Waals surface area contributed by atoms with E-state index in [-0.39, 0.29) is 18.9 Å². The van der Waals surface area contributed by atoms with E-state index < -0.39 is 11.9 Å². The summed E-state index contributed by atoms with van der Waals surface area (Å²) >= 11 is 5.87. The Kier molecular flexibility index (Phi) is 5.76. The van der Waals surface area contributed by atoms with E-state index in [0.717, 1.165) is 0 Å². The second-order valence-corrected chi connectivity index (χ2v) is 4.98. The van der Waals surface area contributed by atoms with Gasteiger partial charge in [-0.15, -0.1) is 6.58 Å². The Bertz CT molecular complexity index is 688. The van der Waals surface area contributed by atoms with Crippen molar-refractivity contribution in [1.82, 2.24) is 10.1 Å². The molecule has 2 N–H and O–H groups in total. The SMILES string of the molecule is C=CCN(CC(=O)Nc1ccon1)C(=O)Nc1cccc(Cl)c1. The highest BCUT2D eigenvalue weighted by atomic mass is 35.5. The van der Waals surface area contributed by atoms with Gasteiger partial charge in [-0.2, -0.15) is 0 Å². The van der Waals surface area contributed by atoms with Gasteiger partial charge < -0.3 is 20.1 Å². The Hall–Kier alpha value is -2.80. The second-order valence-electron chi connectivity index (χ2n) is 4.54. The maximum absolute atomic E-state index is 12.3. The standard InChI is InChI=1S/C15H15ClN4O3/c1-2-7-20(10-14(21)18-13-6-8-23-19-13)15(22)17-12-5-3-4-11(16)9-12/h2-6,8-9H,1,7,10H2,(H,17,22)(H,18,19,21). The van der Waals surface area contributed by atoms with Gasteiger partial charge in [-0.3, -0.25) is 4.79 Å². The van der Waals surface area contributed by atoms with Crippen LogP contribution in [0.5, 0.6) is 0 Å². The van der Waals surface area contributed by atoms with Gasteiger partial charge in [-0.05, 0) is 18.2 Å². The van der Waals surface area contributed by atoms with E-state index in [9.17, 15) is 9.59 Å². The number of urea groups is 1. The van der Waals surface area contributed by atoms with Gasteiger partial charge >= 0.3 is 6.03 Å². The molecule has 0 unspecified atom stereocenters. The van der Waals surface area contributed by atoms with Crippen LogP contribution in [0, 0.1) is 0 Å². The Labute approximate surface area is 137 Å². The molecular formula is C15H15ClN4O3.